The third-order valence-electron chi connectivity index (χ3n) is 2.75. The number of nitrogens with one attached hydrogen (secondary N) is 1. The second-order valence-electron chi connectivity index (χ2n) is 5.52. The molecule has 0 fully saturated rings. The maximum Gasteiger partial charge on any atom is 0.0985 e. The molecule has 0 unspecified atom stereocenters. The van der Waals surface area contributed by atoms with Gasteiger partial charge in [0.25, 0.3) is 0 Å². The van der Waals surface area contributed by atoms with E-state index in [4.69, 9.17) is 4.98 Å². The van der Waals surface area contributed by atoms with Gasteiger partial charge in [0, 0.05) is 16.8 Å². The van der Waals surface area contributed by atoms with E-state index in [1.165, 1.54) is 28.4 Å². The zero-order valence-electron chi connectivity index (χ0n) is 11.9. The molecule has 0 amide bonds. The van der Waals surface area contributed by atoms with Crippen molar-refractivity contribution in [3.8, 4) is 0 Å². The summed E-state index contributed by atoms with van der Waals surface area (Å²) in [6.07, 6.45) is 3.55. The Bertz CT molecular complexity index is 336. The van der Waals surface area contributed by atoms with Crippen LogP contribution in [0, 0.1) is 0 Å². The second kappa shape index (κ2) is 6.50. The molecule has 0 saturated heterocycles. The molecule has 0 atom stereocenters. The van der Waals surface area contributed by atoms with E-state index in [0.29, 0.717) is 0 Å². The Morgan fingerprint density at radius 3 is 2.47 bits per heavy atom. The minimum Gasteiger partial charge on any atom is -0.312 e. The average molecular weight is 254 g/mol. The third kappa shape index (κ3) is 4.40. The monoisotopic (exact) mass is 254 g/mol. The minimum absolute atomic E-state index is 0.177. The summed E-state index contributed by atoms with van der Waals surface area (Å²) in [5.74, 6) is 0. The van der Waals surface area contributed by atoms with Gasteiger partial charge in [-0.1, -0.05) is 41.0 Å². The summed E-state index contributed by atoms with van der Waals surface area (Å²) in [4.78, 5) is 6.20. The lowest BCUT2D eigenvalue weighted by Gasteiger charge is -2.13. The van der Waals surface area contributed by atoms with Crippen LogP contribution in [0.3, 0.4) is 0 Å². The topological polar surface area (TPSA) is 24.9 Å². The van der Waals surface area contributed by atoms with Crippen LogP contribution in [0.4, 0.5) is 0 Å². The van der Waals surface area contributed by atoms with Gasteiger partial charge >= 0.3 is 0 Å². The van der Waals surface area contributed by atoms with Gasteiger partial charge in [-0.3, -0.25) is 0 Å². The highest BCUT2D eigenvalue weighted by molar-refractivity contribution is 7.11. The molecule has 98 valence electrons. The number of aryl methyl sites for hydroxylation is 1. The first-order chi connectivity index (χ1) is 7.99. The van der Waals surface area contributed by atoms with Crippen molar-refractivity contribution in [3.05, 3.63) is 15.6 Å². The number of thiazole rings is 1. The molecular weight excluding hydrogens is 228 g/mol. The molecule has 3 heteroatoms. The molecule has 0 aliphatic carbocycles. The Morgan fingerprint density at radius 1 is 1.24 bits per heavy atom. The summed E-state index contributed by atoms with van der Waals surface area (Å²) in [7, 11) is 0. The Labute approximate surface area is 110 Å². The molecule has 1 rings (SSSR count). The molecule has 1 N–H and O–H groups in total. The summed E-state index contributed by atoms with van der Waals surface area (Å²) >= 11 is 1.88. The van der Waals surface area contributed by atoms with Crippen LogP contribution in [0.5, 0.6) is 0 Å². The lowest BCUT2D eigenvalue weighted by Crippen LogP contribution is -2.14. The van der Waals surface area contributed by atoms with E-state index in [9.17, 15) is 0 Å². The van der Waals surface area contributed by atoms with Crippen molar-refractivity contribution in [1.29, 1.82) is 0 Å². The highest BCUT2D eigenvalue weighted by Gasteiger charge is 2.20. The van der Waals surface area contributed by atoms with Crippen LogP contribution >= 0.6 is 11.3 Å². The summed E-state index contributed by atoms with van der Waals surface area (Å²) in [6.45, 7) is 13.2. The highest BCUT2D eigenvalue weighted by atomic mass is 32.1. The maximum atomic E-state index is 4.78. The molecule has 0 bridgehead atoms. The van der Waals surface area contributed by atoms with Crippen LogP contribution in [0.25, 0.3) is 0 Å². The van der Waals surface area contributed by atoms with Crippen LogP contribution in [0.1, 0.15) is 63.0 Å². The quantitative estimate of drug-likeness (QED) is 0.779. The molecule has 1 aromatic rings. The predicted octanol–water partition coefficient (Wildman–Crippen LogP) is 3.89. The van der Waals surface area contributed by atoms with Gasteiger partial charge in [0.05, 0.1) is 10.7 Å². The highest BCUT2D eigenvalue weighted by Crippen LogP contribution is 2.29. The van der Waals surface area contributed by atoms with E-state index in [-0.39, 0.29) is 5.41 Å². The van der Waals surface area contributed by atoms with Crippen LogP contribution in [-0.4, -0.2) is 11.5 Å². The van der Waals surface area contributed by atoms with Gasteiger partial charge in [0.2, 0.25) is 0 Å². The van der Waals surface area contributed by atoms with Gasteiger partial charge in [-0.15, -0.1) is 11.3 Å². The van der Waals surface area contributed by atoms with Gasteiger partial charge in [-0.2, -0.15) is 0 Å². The van der Waals surface area contributed by atoms with Crippen molar-refractivity contribution < 1.29 is 0 Å². The van der Waals surface area contributed by atoms with Crippen molar-refractivity contribution in [3.63, 3.8) is 0 Å². The van der Waals surface area contributed by atoms with E-state index in [1.807, 2.05) is 11.3 Å². The van der Waals surface area contributed by atoms with E-state index in [0.717, 1.165) is 19.5 Å². The van der Waals surface area contributed by atoms with Crippen molar-refractivity contribution >= 4 is 11.3 Å². The van der Waals surface area contributed by atoms with Crippen molar-refractivity contribution in [2.75, 3.05) is 6.54 Å². The van der Waals surface area contributed by atoms with Gasteiger partial charge in [0.15, 0.2) is 0 Å². The number of unbranched alkanes of at least 4 members (excludes halogenated alkanes) is 1. The Morgan fingerprint density at radius 2 is 1.94 bits per heavy atom. The average Bonchev–Trinajstić information content (AvgIpc) is 2.67. The summed E-state index contributed by atoms with van der Waals surface area (Å²) in [5.41, 5.74) is 1.46. The zero-order chi connectivity index (χ0) is 12.9. The fourth-order valence-electron chi connectivity index (χ4n) is 1.62. The first-order valence-electron chi connectivity index (χ1n) is 6.68. The Kier molecular flexibility index (Phi) is 5.60. The minimum atomic E-state index is 0.177. The SMILES string of the molecule is CCCCNCc1sc(C(C)(C)C)nc1CC. The number of aromatic nitrogens is 1. The molecular formula is C14H26N2S. The van der Waals surface area contributed by atoms with Crippen LogP contribution in [0.2, 0.25) is 0 Å². The molecule has 0 aliphatic rings. The molecule has 17 heavy (non-hydrogen) atoms. The van der Waals surface area contributed by atoms with E-state index in [2.05, 4.69) is 39.9 Å². The first kappa shape index (κ1) is 14.7. The number of rotatable bonds is 6. The van der Waals surface area contributed by atoms with Crippen molar-refractivity contribution in [1.82, 2.24) is 10.3 Å². The lowest BCUT2D eigenvalue weighted by molar-refractivity contribution is 0.583. The number of hydrogen-bond acceptors (Lipinski definition) is 3. The fraction of sp³-hybridized carbons (Fsp3) is 0.786. The molecule has 1 aromatic heterocycles. The van der Waals surface area contributed by atoms with Crippen molar-refractivity contribution in [2.45, 2.75) is 65.8 Å². The molecule has 0 saturated carbocycles. The Hall–Kier alpha value is -0.410. The summed E-state index contributed by atoms with van der Waals surface area (Å²) in [5, 5.41) is 4.78. The van der Waals surface area contributed by atoms with Crippen LogP contribution in [0.15, 0.2) is 0 Å². The van der Waals surface area contributed by atoms with Crippen LogP contribution < -0.4 is 5.32 Å². The standard InChI is InChI=1S/C14H26N2S/c1-6-8-9-15-10-12-11(7-2)16-13(17-12)14(3,4)5/h15H,6-10H2,1-5H3. The predicted molar refractivity (Wildman–Crippen MR) is 76.8 cm³/mol. The van der Waals surface area contributed by atoms with E-state index < -0.39 is 0 Å². The molecule has 2 nitrogen and oxygen atoms in total. The van der Waals surface area contributed by atoms with Gasteiger partial charge < -0.3 is 5.32 Å². The fourth-order valence-corrected chi connectivity index (χ4v) is 2.80. The summed E-state index contributed by atoms with van der Waals surface area (Å²) in [6, 6.07) is 0. The number of nitrogens with zero attached hydrogens (tertiary/aromatic N) is 1. The maximum absolute atomic E-state index is 4.78. The normalized spacial score (nSPS) is 12.1. The second-order valence-corrected chi connectivity index (χ2v) is 6.61. The van der Waals surface area contributed by atoms with Gasteiger partial charge in [0.1, 0.15) is 0 Å². The first-order valence-corrected chi connectivity index (χ1v) is 7.50. The molecule has 0 radical (unpaired) electrons. The van der Waals surface area contributed by atoms with Crippen molar-refractivity contribution in [2.24, 2.45) is 0 Å². The zero-order valence-corrected chi connectivity index (χ0v) is 12.7. The van der Waals surface area contributed by atoms with Gasteiger partial charge in [-0.25, -0.2) is 4.98 Å². The molecule has 1 heterocycles. The van der Waals surface area contributed by atoms with Crippen LogP contribution in [-0.2, 0) is 18.4 Å². The molecule has 0 spiro atoms. The molecule has 0 aliphatic heterocycles. The summed E-state index contributed by atoms with van der Waals surface area (Å²) < 4.78 is 0. The van der Waals surface area contributed by atoms with Gasteiger partial charge in [-0.05, 0) is 19.4 Å². The lowest BCUT2D eigenvalue weighted by atomic mass is 9.98. The van der Waals surface area contributed by atoms with E-state index in [1.54, 1.807) is 0 Å². The third-order valence-corrected chi connectivity index (χ3v) is 4.27. The molecule has 0 aromatic carbocycles. The Balaban J connectivity index is 2.67. The number of hydrogen-bond donors (Lipinski definition) is 1. The smallest absolute Gasteiger partial charge is 0.0985 e. The largest absolute Gasteiger partial charge is 0.312 e. The van der Waals surface area contributed by atoms with E-state index >= 15 is 0 Å².